The Hall–Kier alpha value is -3.82. The van der Waals surface area contributed by atoms with Crippen molar-refractivity contribution < 1.29 is 18.8 Å². The van der Waals surface area contributed by atoms with Crippen molar-refractivity contribution in [1.29, 1.82) is 0 Å². The second kappa shape index (κ2) is 6.83. The first-order valence-electron chi connectivity index (χ1n) is 7.96. The number of hydrogen-bond acceptors (Lipinski definition) is 7. The monoisotopic (exact) mass is 368 g/mol. The molecule has 3 heterocycles. The van der Waals surface area contributed by atoms with Gasteiger partial charge < -0.3 is 19.9 Å². The van der Waals surface area contributed by atoms with E-state index in [0.717, 1.165) is 0 Å². The van der Waals surface area contributed by atoms with Gasteiger partial charge in [0, 0.05) is 6.42 Å². The summed E-state index contributed by atoms with van der Waals surface area (Å²) in [5, 5.41) is 16.5. The minimum absolute atomic E-state index is 0.0125. The fourth-order valence-electron chi connectivity index (χ4n) is 2.60. The number of aromatic carboxylic acids is 1. The zero-order chi connectivity index (χ0) is 18.8. The van der Waals surface area contributed by atoms with Gasteiger partial charge in [-0.3, -0.25) is 0 Å². The smallest absolute Gasteiger partial charge is 0.352 e. The number of nitrogens with zero attached hydrogens (tertiary/aromatic N) is 4. The number of aromatic nitrogens is 5. The molecule has 1 aromatic carbocycles. The average molecular weight is 368 g/mol. The highest BCUT2D eigenvalue weighted by molar-refractivity contribution is 5.96. The third-order valence-corrected chi connectivity index (χ3v) is 3.88. The van der Waals surface area contributed by atoms with Gasteiger partial charge in [-0.05, 0) is 17.7 Å². The highest BCUT2D eigenvalue weighted by Crippen LogP contribution is 2.21. The van der Waals surface area contributed by atoms with Crippen LogP contribution in [0, 0.1) is 5.82 Å². The summed E-state index contributed by atoms with van der Waals surface area (Å²) in [6, 6.07) is 7.83. The Morgan fingerprint density at radius 1 is 1.30 bits per heavy atom. The quantitative estimate of drug-likeness (QED) is 0.473. The molecule has 0 saturated carbocycles. The number of rotatable bonds is 6. The van der Waals surface area contributed by atoms with Crippen LogP contribution in [0.15, 0.2) is 41.2 Å². The number of nitrogens with one attached hydrogen (secondary N) is 2. The number of anilines is 1. The van der Waals surface area contributed by atoms with E-state index in [9.17, 15) is 9.18 Å². The molecule has 0 aliphatic carbocycles. The molecule has 0 amide bonds. The number of carbonyl (C=O) groups is 1. The minimum Gasteiger partial charge on any atom is -0.477 e. The fourth-order valence-corrected chi connectivity index (χ4v) is 2.60. The number of hydrogen-bond donors (Lipinski definition) is 3. The van der Waals surface area contributed by atoms with Crippen molar-refractivity contribution in [2.45, 2.75) is 13.0 Å². The molecule has 10 heteroatoms. The Bertz CT molecular complexity index is 1120. The van der Waals surface area contributed by atoms with E-state index in [-0.39, 0.29) is 24.5 Å². The summed E-state index contributed by atoms with van der Waals surface area (Å²) in [5.41, 5.74) is 0.887. The molecule has 0 aliphatic rings. The van der Waals surface area contributed by atoms with E-state index < -0.39 is 5.97 Å². The molecule has 3 N–H and O–H groups in total. The molecule has 0 radical (unpaired) electrons. The molecular formula is C17H13FN6O3. The Kier molecular flexibility index (Phi) is 4.21. The van der Waals surface area contributed by atoms with Crippen LogP contribution in [0.3, 0.4) is 0 Å². The van der Waals surface area contributed by atoms with Gasteiger partial charge in [-0.2, -0.15) is 4.98 Å². The van der Waals surface area contributed by atoms with Crippen LogP contribution in [0.5, 0.6) is 0 Å². The summed E-state index contributed by atoms with van der Waals surface area (Å²) in [4.78, 5) is 26.1. The van der Waals surface area contributed by atoms with Crippen LogP contribution in [0.2, 0.25) is 0 Å². The van der Waals surface area contributed by atoms with Crippen LogP contribution >= 0.6 is 0 Å². The first-order chi connectivity index (χ1) is 13.1. The van der Waals surface area contributed by atoms with Gasteiger partial charge in [-0.1, -0.05) is 23.4 Å². The maximum absolute atomic E-state index is 13.7. The Labute approximate surface area is 151 Å². The molecule has 3 aromatic heterocycles. The van der Waals surface area contributed by atoms with Gasteiger partial charge in [0.1, 0.15) is 29.3 Å². The van der Waals surface area contributed by atoms with E-state index in [1.165, 1.54) is 18.5 Å². The van der Waals surface area contributed by atoms with E-state index in [0.29, 0.717) is 34.1 Å². The summed E-state index contributed by atoms with van der Waals surface area (Å²) in [6.07, 6.45) is 1.53. The van der Waals surface area contributed by atoms with Crippen molar-refractivity contribution in [1.82, 2.24) is 25.1 Å². The van der Waals surface area contributed by atoms with Gasteiger partial charge in [-0.25, -0.2) is 19.2 Å². The first kappa shape index (κ1) is 16.6. The van der Waals surface area contributed by atoms with Crippen molar-refractivity contribution in [3.8, 4) is 0 Å². The predicted octanol–water partition coefficient (Wildman–Crippen LogP) is 2.38. The molecule has 0 spiro atoms. The highest BCUT2D eigenvalue weighted by atomic mass is 19.1. The molecule has 0 aliphatic heterocycles. The zero-order valence-electron chi connectivity index (χ0n) is 13.8. The van der Waals surface area contributed by atoms with Crippen molar-refractivity contribution in [3.63, 3.8) is 0 Å². The number of halogens is 1. The first-order valence-corrected chi connectivity index (χ1v) is 7.96. The molecule has 0 atom stereocenters. The number of carboxylic acids is 1. The van der Waals surface area contributed by atoms with E-state index in [4.69, 9.17) is 9.63 Å². The molecule has 0 fully saturated rings. The Morgan fingerprint density at radius 2 is 2.15 bits per heavy atom. The molecule has 0 unspecified atom stereocenters. The molecule has 4 aromatic rings. The zero-order valence-corrected chi connectivity index (χ0v) is 13.8. The molecule has 136 valence electrons. The number of H-pyrrole nitrogens is 1. The van der Waals surface area contributed by atoms with E-state index in [1.54, 1.807) is 18.2 Å². The SMILES string of the molecule is O=C(O)c1cc2c(NCc3nc(Cc4ccccc4F)no3)ncnc2[nH]1. The summed E-state index contributed by atoms with van der Waals surface area (Å²) in [5.74, 6) is -0.333. The van der Waals surface area contributed by atoms with E-state index in [2.05, 4.69) is 30.4 Å². The van der Waals surface area contributed by atoms with E-state index in [1.807, 2.05) is 0 Å². The van der Waals surface area contributed by atoms with Gasteiger partial charge >= 0.3 is 5.97 Å². The molecule has 0 bridgehead atoms. The van der Waals surface area contributed by atoms with Crippen molar-refractivity contribution in [2.24, 2.45) is 0 Å². The van der Waals surface area contributed by atoms with E-state index >= 15 is 0 Å². The number of aromatic amines is 1. The Morgan fingerprint density at radius 3 is 2.96 bits per heavy atom. The lowest BCUT2D eigenvalue weighted by Crippen LogP contribution is -2.03. The van der Waals surface area contributed by atoms with Crippen LogP contribution in [0.1, 0.15) is 27.8 Å². The predicted molar refractivity (Wildman–Crippen MR) is 91.7 cm³/mol. The molecule has 27 heavy (non-hydrogen) atoms. The van der Waals surface area contributed by atoms with Crippen LogP contribution < -0.4 is 5.32 Å². The largest absolute Gasteiger partial charge is 0.477 e. The number of carboxylic acid groups (broad SMARTS) is 1. The van der Waals surface area contributed by atoms with Gasteiger partial charge in [0.2, 0.25) is 5.89 Å². The summed E-state index contributed by atoms with van der Waals surface area (Å²) in [7, 11) is 0. The van der Waals surface area contributed by atoms with Crippen molar-refractivity contribution >= 4 is 22.8 Å². The summed E-state index contributed by atoms with van der Waals surface area (Å²) >= 11 is 0. The molecular weight excluding hydrogens is 355 g/mol. The third kappa shape index (κ3) is 3.45. The second-order valence-electron chi connectivity index (χ2n) is 5.70. The number of fused-ring (bicyclic) bond motifs is 1. The average Bonchev–Trinajstić information content (AvgIpc) is 3.29. The molecule has 0 saturated heterocycles. The summed E-state index contributed by atoms with van der Waals surface area (Å²) in [6.45, 7) is 0.171. The maximum atomic E-state index is 13.7. The minimum atomic E-state index is -1.09. The van der Waals surface area contributed by atoms with Gasteiger partial charge in [0.05, 0.1) is 11.9 Å². The summed E-state index contributed by atoms with van der Waals surface area (Å²) < 4.78 is 18.9. The highest BCUT2D eigenvalue weighted by Gasteiger charge is 2.14. The van der Waals surface area contributed by atoms with Crippen LogP contribution in [-0.4, -0.2) is 36.2 Å². The van der Waals surface area contributed by atoms with Crippen LogP contribution in [0.4, 0.5) is 10.2 Å². The normalized spacial score (nSPS) is 11.0. The Balaban J connectivity index is 1.48. The van der Waals surface area contributed by atoms with Crippen LogP contribution in [0.25, 0.3) is 11.0 Å². The van der Waals surface area contributed by atoms with Crippen molar-refractivity contribution in [2.75, 3.05) is 5.32 Å². The van der Waals surface area contributed by atoms with Crippen LogP contribution in [-0.2, 0) is 13.0 Å². The lowest BCUT2D eigenvalue weighted by Gasteiger charge is -2.02. The molecule has 4 rings (SSSR count). The fraction of sp³-hybridized carbons (Fsp3) is 0.118. The molecule has 9 nitrogen and oxygen atoms in total. The maximum Gasteiger partial charge on any atom is 0.352 e. The van der Waals surface area contributed by atoms with Gasteiger partial charge in [-0.15, -0.1) is 0 Å². The third-order valence-electron chi connectivity index (χ3n) is 3.88. The van der Waals surface area contributed by atoms with Gasteiger partial charge in [0.15, 0.2) is 5.82 Å². The second-order valence-corrected chi connectivity index (χ2v) is 5.70. The standard InChI is InChI=1S/C17H13FN6O3/c18-11-4-2-1-3-9(11)5-13-23-14(27-24-13)7-19-15-10-6-12(17(25)26)22-16(10)21-8-20-15/h1-4,6,8H,5,7H2,(H,25,26)(H2,19,20,21,22). The number of benzene rings is 1. The topological polar surface area (TPSA) is 130 Å². The lowest BCUT2D eigenvalue weighted by molar-refractivity contribution is 0.0691. The van der Waals surface area contributed by atoms with Crippen molar-refractivity contribution in [3.05, 3.63) is 65.4 Å². The lowest BCUT2D eigenvalue weighted by atomic mass is 10.1. The van der Waals surface area contributed by atoms with Gasteiger partial charge in [0.25, 0.3) is 0 Å².